The Labute approximate surface area is 215 Å². The highest BCUT2D eigenvalue weighted by Gasteiger charge is 2.45. The summed E-state index contributed by atoms with van der Waals surface area (Å²) in [7, 11) is 0. The van der Waals surface area contributed by atoms with E-state index < -0.39 is 29.8 Å². The molecule has 0 amide bonds. The summed E-state index contributed by atoms with van der Waals surface area (Å²) in [6, 6.07) is 13.6. The Bertz CT molecular complexity index is 1510. The minimum Gasteiger partial charge on any atom is -0.481 e. The van der Waals surface area contributed by atoms with Crippen LogP contribution in [0.25, 0.3) is 22.4 Å². The van der Waals surface area contributed by atoms with Crippen molar-refractivity contribution in [2.75, 3.05) is 5.73 Å². The van der Waals surface area contributed by atoms with E-state index in [1.54, 1.807) is 31.2 Å². The molecule has 1 fully saturated rings. The first-order valence-electron chi connectivity index (χ1n) is 11.7. The van der Waals surface area contributed by atoms with Gasteiger partial charge < -0.3 is 15.6 Å². The van der Waals surface area contributed by atoms with Crippen LogP contribution >= 0.6 is 0 Å². The van der Waals surface area contributed by atoms with Crippen molar-refractivity contribution in [1.82, 2.24) is 19.9 Å². The van der Waals surface area contributed by atoms with E-state index in [0.29, 0.717) is 34.6 Å². The second-order valence-electron chi connectivity index (χ2n) is 8.97. The molecule has 194 valence electrons. The number of carbonyl (C=O) groups is 1. The maximum atomic E-state index is 13.6. The van der Waals surface area contributed by atoms with Gasteiger partial charge in [0.15, 0.2) is 0 Å². The van der Waals surface area contributed by atoms with Gasteiger partial charge in [-0.3, -0.25) is 14.8 Å². The van der Waals surface area contributed by atoms with Crippen LogP contribution in [-0.2, 0) is 11.4 Å². The first-order valence-corrected chi connectivity index (χ1v) is 11.7. The molecule has 0 saturated heterocycles. The average Bonchev–Trinajstić information content (AvgIpc) is 3.69. The molecule has 11 heteroatoms. The van der Waals surface area contributed by atoms with Gasteiger partial charge in [0.1, 0.15) is 18.1 Å². The van der Waals surface area contributed by atoms with Crippen LogP contribution in [0, 0.1) is 18.7 Å². The summed E-state index contributed by atoms with van der Waals surface area (Å²) in [5, 5.41) is 9.23. The zero-order chi connectivity index (χ0) is 27.0. The van der Waals surface area contributed by atoms with E-state index in [-0.39, 0.29) is 35.6 Å². The van der Waals surface area contributed by atoms with Gasteiger partial charge in [0.2, 0.25) is 11.8 Å². The Morgan fingerprint density at radius 2 is 1.84 bits per heavy atom. The number of ether oxygens (including phenoxy) is 1. The fourth-order valence-electron chi connectivity index (χ4n) is 4.31. The van der Waals surface area contributed by atoms with E-state index in [9.17, 15) is 23.1 Å². The third-order valence-corrected chi connectivity index (χ3v) is 6.17. The molecule has 0 radical (unpaired) electrons. The summed E-state index contributed by atoms with van der Waals surface area (Å²) in [6.07, 6.45) is -2.29. The van der Waals surface area contributed by atoms with Gasteiger partial charge in [0, 0.05) is 22.9 Å². The number of aliphatic carboxylic acids is 1. The number of halogens is 3. The Kier molecular flexibility index (Phi) is 6.66. The molecule has 0 spiro atoms. The number of aryl methyl sites for hydroxylation is 1. The lowest BCUT2D eigenvalue weighted by Crippen LogP contribution is -2.08. The van der Waals surface area contributed by atoms with Gasteiger partial charge in [-0.1, -0.05) is 6.07 Å². The van der Waals surface area contributed by atoms with Crippen molar-refractivity contribution in [3.63, 3.8) is 0 Å². The van der Waals surface area contributed by atoms with Crippen LogP contribution in [0.15, 0.2) is 54.6 Å². The first-order chi connectivity index (χ1) is 18.2. The number of benzene rings is 1. The molecule has 1 aromatic carbocycles. The molecule has 0 aliphatic heterocycles. The van der Waals surface area contributed by atoms with E-state index >= 15 is 0 Å². The van der Waals surface area contributed by atoms with E-state index in [0.717, 1.165) is 0 Å². The lowest BCUT2D eigenvalue weighted by atomic mass is 9.99. The number of rotatable bonds is 8. The molecule has 38 heavy (non-hydrogen) atoms. The molecule has 1 aliphatic carbocycles. The van der Waals surface area contributed by atoms with Gasteiger partial charge in [0.25, 0.3) is 6.43 Å². The van der Waals surface area contributed by atoms with Crippen LogP contribution in [-0.4, -0.2) is 31.0 Å². The van der Waals surface area contributed by atoms with E-state index in [2.05, 4.69) is 19.9 Å². The predicted molar refractivity (Wildman–Crippen MR) is 132 cm³/mol. The maximum absolute atomic E-state index is 13.6. The molecular weight excluding hydrogens is 499 g/mol. The number of alkyl halides is 2. The number of hydrogen-bond acceptors (Lipinski definition) is 7. The number of nitrogen functional groups attached to an aromatic ring is 1. The number of hydrogen-bond donors (Lipinski definition) is 2. The predicted octanol–water partition coefficient (Wildman–Crippen LogP) is 5.34. The van der Waals surface area contributed by atoms with Gasteiger partial charge in [-0.05, 0) is 67.4 Å². The largest absolute Gasteiger partial charge is 0.481 e. The van der Waals surface area contributed by atoms with Gasteiger partial charge >= 0.3 is 5.97 Å². The first kappa shape index (κ1) is 25.1. The van der Waals surface area contributed by atoms with E-state index in [1.165, 1.54) is 30.3 Å². The van der Waals surface area contributed by atoms with E-state index in [4.69, 9.17) is 10.5 Å². The van der Waals surface area contributed by atoms with Crippen molar-refractivity contribution in [2.24, 2.45) is 5.92 Å². The monoisotopic (exact) mass is 521 g/mol. The van der Waals surface area contributed by atoms with Crippen molar-refractivity contribution in [2.45, 2.75) is 32.3 Å². The Morgan fingerprint density at radius 1 is 1.08 bits per heavy atom. The van der Waals surface area contributed by atoms with Crippen LogP contribution in [0.3, 0.4) is 0 Å². The molecule has 1 saturated carbocycles. The second kappa shape index (κ2) is 10.1. The summed E-state index contributed by atoms with van der Waals surface area (Å²) < 4.78 is 46.9. The Hall–Kier alpha value is -4.54. The molecule has 1 aliphatic rings. The van der Waals surface area contributed by atoms with Crippen molar-refractivity contribution in [1.29, 1.82) is 0 Å². The Balaban J connectivity index is 1.56. The highest BCUT2D eigenvalue weighted by atomic mass is 19.3. The fourth-order valence-corrected chi connectivity index (χ4v) is 4.31. The minimum atomic E-state index is -2.81. The van der Waals surface area contributed by atoms with Gasteiger partial charge in [-0.15, -0.1) is 0 Å². The zero-order valence-electron chi connectivity index (χ0n) is 20.1. The molecule has 8 nitrogen and oxygen atoms in total. The van der Waals surface area contributed by atoms with Crippen molar-refractivity contribution in [3.8, 4) is 28.3 Å². The molecule has 2 atom stereocenters. The van der Waals surface area contributed by atoms with Crippen molar-refractivity contribution in [3.05, 3.63) is 83.2 Å². The standard InChI is InChI=1S/C27H22F3N5O3/c1-13-9-15(10-21(32-13)24(29)30)22-23(14-5-7-16(28)8-6-14)34-27(31)35-25(22)38-12-17-3-2-4-20(33-17)18-11-19(18)26(36)37/h2-10,18-19,24H,11-12H2,1H3,(H,36,37)(H2,31,34,35)/t18-,19-/m1/s1. The highest BCUT2D eigenvalue weighted by Crippen LogP contribution is 2.46. The topological polar surface area (TPSA) is 124 Å². The normalized spacial score (nSPS) is 16.4. The summed E-state index contributed by atoms with van der Waals surface area (Å²) in [5.41, 5.74) is 8.42. The van der Waals surface area contributed by atoms with Crippen molar-refractivity contribution >= 4 is 11.9 Å². The molecule has 3 N–H and O–H groups in total. The number of aromatic nitrogens is 4. The number of nitrogens with zero attached hydrogens (tertiary/aromatic N) is 4. The van der Waals surface area contributed by atoms with E-state index in [1.807, 2.05) is 0 Å². The smallest absolute Gasteiger partial charge is 0.307 e. The quantitative estimate of drug-likeness (QED) is 0.319. The molecule has 0 unspecified atom stereocenters. The zero-order valence-corrected chi connectivity index (χ0v) is 20.1. The average molecular weight is 521 g/mol. The number of nitrogens with two attached hydrogens (primary N) is 1. The van der Waals surface area contributed by atoms with Crippen LogP contribution in [0.5, 0.6) is 5.88 Å². The summed E-state index contributed by atoms with van der Waals surface area (Å²) in [6.45, 7) is 1.53. The number of pyridine rings is 2. The third kappa shape index (κ3) is 5.26. The highest BCUT2D eigenvalue weighted by molar-refractivity contribution is 5.85. The van der Waals surface area contributed by atoms with Crippen LogP contribution < -0.4 is 10.5 Å². The molecule has 5 rings (SSSR count). The van der Waals surface area contributed by atoms with Crippen LogP contribution in [0.2, 0.25) is 0 Å². The Morgan fingerprint density at radius 3 is 2.53 bits per heavy atom. The fraction of sp³-hybridized carbons (Fsp3) is 0.222. The molecule has 0 bridgehead atoms. The van der Waals surface area contributed by atoms with Crippen molar-refractivity contribution < 1.29 is 27.8 Å². The minimum absolute atomic E-state index is 0.0182. The molecule has 4 aromatic rings. The summed E-state index contributed by atoms with van der Waals surface area (Å²) in [4.78, 5) is 28.3. The summed E-state index contributed by atoms with van der Waals surface area (Å²) >= 11 is 0. The molecule has 3 aromatic heterocycles. The van der Waals surface area contributed by atoms with Gasteiger partial charge in [-0.25, -0.2) is 18.2 Å². The summed E-state index contributed by atoms with van der Waals surface area (Å²) in [5.74, 6) is -2.04. The number of carboxylic acid groups (broad SMARTS) is 1. The SMILES string of the molecule is Cc1cc(-c2c(OCc3cccc([C@@H]4C[C@H]4C(=O)O)n3)nc(N)nc2-c2ccc(F)cc2)cc(C(F)F)n1. The number of anilines is 1. The third-order valence-electron chi connectivity index (χ3n) is 6.17. The lowest BCUT2D eigenvalue weighted by Gasteiger charge is -2.16. The second-order valence-corrected chi connectivity index (χ2v) is 8.97. The molecule has 3 heterocycles. The van der Waals surface area contributed by atoms with Crippen LogP contribution in [0.1, 0.15) is 41.5 Å². The van der Waals surface area contributed by atoms with Gasteiger partial charge in [0.05, 0.1) is 22.9 Å². The lowest BCUT2D eigenvalue weighted by molar-refractivity contribution is -0.138. The number of carboxylic acids is 1. The maximum Gasteiger partial charge on any atom is 0.307 e. The van der Waals surface area contributed by atoms with Crippen LogP contribution in [0.4, 0.5) is 19.1 Å². The van der Waals surface area contributed by atoms with Gasteiger partial charge in [-0.2, -0.15) is 4.98 Å². The molecular formula is C27H22F3N5O3.